The van der Waals surface area contributed by atoms with E-state index in [2.05, 4.69) is 36.0 Å². The third-order valence-electron chi connectivity index (χ3n) is 4.50. The lowest BCUT2D eigenvalue weighted by Gasteiger charge is -2.47. The van der Waals surface area contributed by atoms with Crippen LogP contribution in [-0.4, -0.2) is 29.7 Å². The lowest BCUT2D eigenvalue weighted by molar-refractivity contribution is -0.141. The summed E-state index contributed by atoms with van der Waals surface area (Å²) in [7, 11) is 0. The molecule has 0 aromatic carbocycles. The maximum Gasteiger partial charge on any atom is 0.433 e. The number of anilines is 1. The quantitative estimate of drug-likeness (QED) is 0.927. The molecule has 1 N–H and O–H groups in total. The van der Waals surface area contributed by atoms with Crippen LogP contribution in [-0.2, 0) is 6.18 Å². The first-order valence-corrected chi connectivity index (χ1v) is 7.36. The maximum absolute atomic E-state index is 12.6. The summed E-state index contributed by atoms with van der Waals surface area (Å²) in [5, 5.41) is 3.58. The molecule has 1 unspecified atom stereocenters. The van der Waals surface area contributed by atoms with Crippen LogP contribution in [0.5, 0.6) is 0 Å². The van der Waals surface area contributed by atoms with E-state index < -0.39 is 11.9 Å². The van der Waals surface area contributed by atoms with Gasteiger partial charge in [0, 0.05) is 24.7 Å². The number of nitrogens with one attached hydrogen (secondary N) is 1. The third-order valence-corrected chi connectivity index (χ3v) is 4.50. The van der Waals surface area contributed by atoms with E-state index in [9.17, 15) is 13.2 Å². The summed E-state index contributed by atoms with van der Waals surface area (Å²) in [6.45, 7) is 7.95. The van der Waals surface area contributed by atoms with E-state index in [1.165, 1.54) is 12.3 Å². The summed E-state index contributed by atoms with van der Waals surface area (Å²) in [5.74, 6) is 0. The van der Waals surface area contributed by atoms with Gasteiger partial charge in [-0.25, -0.2) is 4.98 Å². The van der Waals surface area contributed by atoms with Crippen LogP contribution < -0.4 is 10.2 Å². The van der Waals surface area contributed by atoms with Gasteiger partial charge in [-0.15, -0.1) is 0 Å². The number of piperazine rings is 1. The van der Waals surface area contributed by atoms with Gasteiger partial charge in [0.2, 0.25) is 0 Å². The molecule has 0 radical (unpaired) electrons. The van der Waals surface area contributed by atoms with Gasteiger partial charge < -0.3 is 10.2 Å². The van der Waals surface area contributed by atoms with Crippen LogP contribution in [0, 0.1) is 0 Å². The molecule has 2 rings (SSSR count). The lowest BCUT2D eigenvalue weighted by atomic mass is 9.88. The minimum Gasteiger partial charge on any atom is -0.364 e. The Morgan fingerprint density at radius 1 is 1.33 bits per heavy atom. The highest BCUT2D eigenvalue weighted by molar-refractivity contribution is 5.47. The Labute approximate surface area is 123 Å². The molecule has 1 aliphatic heterocycles. The normalized spacial score (nSPS) is 22.4. The Morgan fingerprint density at radius 2 is 2.00 bits per heavy atom. The highest BCUT2D eigenvalue weighted by Gasteiger charge is 2.36. The zero-order valence-electron chi connectivity index (χ0n) is 12.7. The van der Waals surface area contributed by atoms with Gasteiger partial charge in [0.05, 0.1) is 11.9 Å². The number of halogens is 3. The van der Waals surface area contributed by atoms with Crippen molar-refractivity contribution in [3.63, 3.8) is 0 Å². The van der Waals surface area contributed by atoms with Gasteiger partial charge >= 0.3 is 6.18 Å². The van der Waals surface area contributed by atoms with E-state index in [0.29, 0.717) is 0 Å². The Kier molecular flexibility index (Phi) is 4.46. The molecule has 0 saturated carbocycles. The van der Waals surface area contributed by atoms with E-state index in [-0.39, 0.29) is 11.6 Å². The van der Waals surface area contributed by atoms with Gasteiger partial charge in [0.15, 0.2) is 0 Å². The summed E-state index contributed by atoms with van der Waals surface area (Å²) in [6, 6.07) is 2.81. The van der Waals surface area contributed by atoms with E-state index >= 15 is 0 Å². The Balaban J connectivity index is 2.23. The smallest absolute Gasteiger partial charge is 0.364 e. The average Bonchev–Trinajstić information content (AvgIpc) is 2.47. The van der Waals surface area contributed by atoms with Crippen molar-refractivity contribution in [1.82, 2.24) is 10.3 Å². The monoisotopic (exact) mass is 301 g/mol. The number of hydrogen-bond donors (Lipinski definition) is 1. The van der Waals surface area contributed by atoms with Gasteiger partial charge in [-0.05, 0) is 31.9 Å². The molecule has 118 valence electrons. The molecule has 3 nitrogen and oxygen atoms in total. The van der Waals surface area contributed by atoms with Gasteiger partial charge in [0.25, 0.3) is 0 Å². The summed E-state index contributed by atoms with van der Waals surface area (Å²) < 4.78 is 37.8. The summed E-state index contributed by atoms with van der Waals surface area (Å²) in [6.07, 6.45) is -1.08. The van der Waals surface area contributed by atoms with Crippen molar-refractivity contribution in [2.75, 3.05) is 18.0 Å². The average molecular weight is 301 g/mol. The van der Waals surface area contributed by atoms with Crippen LogP contribution in [0.1, 0.15) is 39.3 Å². The van der Waals surface area contributed by atoms with Crippen LogP contribution in [0.3, 0.4) is 0 Å². The molecule has 2 heterocycles. The molecular formula is C15H22F3N3. The van der Waals surface area contributed by atoms with Crippen molar-refractivity contribution >= 4 is 5.69 Å². The molecule has 1 atom stereocenters. The first-order valence-electron chi connectivity index (χ1n) is 7.36. The molecule has 6 heteroatoms. The fourth-order valence-corrected chi connectivity index (χ4v) is 2.81. The van der Waals surface area contributed by atoms with E-state index in [0.717, 1.165) is 37.7 Å². The van der Waals surface area contributed by atoms with Crippen molar-refractivity contribution in [3.05, 3.63) is 24.0 Å². The zero-order valence-corrected chi connectivity index (χ0v) is 12.7. The summed E-state index contributed by atoms with van der Waals surface area (Å²) in [5.41, 5.74) is -0.0653. The van der Waals surface area contributed by atoms with E-state index in [4.69, 9.17) is 0 Å². The number of pyridine rings is 1. The second-order valence-corrected chi connectivity index (χ2v) is 5.74. The highest BCUT2D eigenvalue weighted by Crippen LogP contribution is 2.31. The molecule has 1 aliphatic rings. The van der Waals surface area contributed by atoms with Gasteiger partial charge in [0.1, 0.15) is 5.69 Å². The van der Waals surface area contributed by atoms with Crippen molar-refractivity contribution < 1.29 is 13.2 Å². The molecule has 21 heavy (non-hydrogen) atoms. The molecule has 0 aliphatic carbocycles. The van der Waals surface area contributed by atoms with Crippen molar-refractivity contribution in [1.29, 1.82) is 0 Å². The number of hydrogen-bond acceptors (Lipinski definition) is 3. The molecule has 1 aromatic heterocycles. The van der Waals surface area contributed by atoms with Crippen LogP contribution in [0.4, 0.5) is 18.9 Å². The van der Waals surface area contributed by atoms with E-state index in [1.54, 1.807) is 0 Å². The molecular weight excluding hydrogens is 279 g/mol. The Morgan fingerprint density at radius 3 is 2.48 bits per heavy atom. The summed E-state index contributed by atoms with van der Waals surface area (Å²) in [4.78, 5) is 5.72. The molecule has 0 spiro atoms. The first kappa shape index (κ1) is 16.1. The molecule has 1 fully saturated rings. The summed E-state index contributed by atoms with van der Waals surface area (Å²) >= 11 is 0. The second kappa shape index (κ2) is 5.83. The second-order valence-electron chi connectivity index (χ2n) is 5.74. The topological polar surface area (TPSA) is 28.2 Å². The maximum atomic E-state index is 12.6. The van der Waals surface area contributed by atoms with Gasteiger partial charge in [-0.2, -0.15) is 13.2 Å². The minimum atomic E-state index is -4.38. The number of aromatic nitrogens is 1. The zero-order chi connectivity index (χ0) is 15.7. The number of alkyl halides is 3. The minimum absolute atomic E-state index is 0.0230. The Bertz CT molecular complexity index is 466. The van der Waals surface area contributed by atoms with Crippen LogP contribution in [0.15, 0.2) is 18.3 Å². The molecule has 1 aromatic rings. The predicted molar refractivity (Wildman–Crippen MR) is 77.4 cm³/mol. The predicted octanol–water partition coefficient (Wildman–Crippen LogP) is 3.46. The lowest BCUT2D eigenvalue weighted by Crippen LogP contribution is -2.63. The fraction of sp³-hybridized carbons (Fsp3) is 0.667. The number of rotatable bonds is 3. The molecule has 1 saturated heterocycles. The molecule has 0 bridgehead atoms. The van der Waals surface area contributed by atoms with E-state index in [1.807, 2.05) is 0 Å². The third kappa shape index (κ3) is 3.31. The first-order chi connectivity index (χ1) is 9.81. The molecule has 0 amide bonds. The van der Waals surface area contributed by atoms with Crippen LogP contribution in [0.25, 0.3) is 0 Å². The van der Waals surface area contributed by atoms with Crippen LogP contribution in [0.2, 0.25) is 0 Å². The van der Waals surface area contributed by atoms with Crippen molar-refractivity contribution in [3.8, 4) is 0 Å². The van der Waals surface area contributed by atoms with Gasteiger partial charge in [-0.1, -0.05) is 13.8 Å². The fourth-order valence-electron chi connectivity index (χ4n) is 2.81. The largest absolute Gasteiger partial charge is 0.433 e. The Hall–Kier alpha value is -1.30. The van der Waals surface area contributed by atoms with Gasteiger partial charge in [-0.3, -0.25) is 0 Å². The standard InChI is InChI=1S/C15H22F3N3/c1-4-14(5-2)10-21(11(3)8-20-14)12-6-7-13(19-9-12)15(16,17)18/h6-7,9,11,20H,4-5,8,10H2,1-3H3. The van der Waals surface area contributed by atoms with Crippen molar-refractivity contribution in [2.24, 2.45) is 0 Å². The van der Waals surface area contributed by atoms with Crippen LogP contribution >= 0.6 is 0 Å². The number of nitrogens with zero attached hydrogens (tertiary/aromatic N) is 2. The van der Waals surface area contributed by atoms with Crippen molar-refractivity contribution in [2.45, 2.75) is 51.4 Å². The SMILES string of the molecule is CCC1(CC)CN(c2ccc(C(F)(F)F)nc2)C(C)CN1. The highest BCUT2D eigenvalue weighted by atomic mass is 19.4.